The summed E-state index contributed by atoms with van der Waals surface area (Å²) >= 11 is 0. The summed E-state index contributed by atoms with van der Waals surface area (Å²) in [5.74, 6) is -0.0600. The van der Waals surface area contributed by atoms with Crippen LogP contribution in [0.5, 0.6) is 0 Å². The van der Waals surface area contributed by atoms with E-state index in [0.717, 1.165) is 25.5 Å². The van der Waals surface area contributed by atoms with Crippen LogP contribution >= 0.6 is 0 Å². The predicted octanol–water partition coefficient (Wildman–Crippen LogP) is 3.11. The third-order valence-corrected chi connectivity index (χ3v) is 3.91. The number of hydrogen-bond acceptors (Lipinski definition) is 2. The van der Waals surface area contributed by atoms with Gasteiger partial charge in [-0.25, -0.2) is 8.78 Å². The van der Waals surface area contributed by atoms with Crippen LogP contribution in [0.25, 0.3) is 0 Å². The first kappa shape index (κ1) is 21.4. The van der Waals surface area contributed by atoms with Gasteiger partial charge in [-0.1, -0.05) is 26.0 Å². The molecule has 1 atom stereocenters. The van der Waals surface area contributed by atoms with Gasteiger partial charge in [-0.15, -0.1) is 0 Å². The number of aliphatic hydroxyl groups excluding tert-OH is 1. The molecule has 1 unspecified atom stereocenters. The minimum atomic E-state index is -0.821. The van der Waals surface area contributed by atoms with Crippen LogP contribution in [0.3, 0.4) is 0 Å². The highest BCUT2D eigenvalue weighted by Crippen LogP contribution is 2.15. The molecule has 0 heterocycles. The molecule has 0 aliphatic rings. The van der Waals surface area contributed by atoms with Gasteiger partial charge in [0.05, 0.1) is 0 Å². The van der Waals surface area contributed by atoms with Crippen LogP contribution in [0.2, 0.25) is 0 Å². The van der Waals surface area contributed by atoms with Crippen LogP contribution in [0.15, 0.2) is 23.2 Å². The van der Waals surface area contributed by atoms with Gasteiger partial charge in [-0.3, -0.25) is 4.99 Å². The Kier molecular flexibility index (Phi) is 10.1. The summed E-state index contributed by atoms with van der Waals surface area (Å²) in [7, 11) is 0. The molecule has 0 saturated carbocycles. The first-order chi connectivity index (χ1) is 12.0. The lowest BCUT2D eigenvalue weighted by atomic mass is 9.94. The van der Waals surface area contributed by atoms with Gasteiger partial charge in [0, 0.05) is 26.2 Å². The molecule has 0 saturated heterocycles. The molecule has 142 valence electrons. The topological polar surface area (TPSA) is 56.7 Å². The molecular formula is C19H31F2N3O. The maximum absolute atomic E-state index is 13.7. The van der Waals surface area contributed by atoms with Crippen LogP contribution in [-0.4, -0.2) is 37.3 Å². The fourth-order valence-corrected chi connectivity index (χ4v) is 2.75. The average Bonchev–Trinajstić information content (AvgIpc) is 2.56. The van der Waals surface area contributed by atoms with E-state index in [1.54, 1.807) is 6.07 Å². The second kappa shape index (κ2) is 11.8. The summed E-state index contributed by atoms with van der Waals surface area (Å²) in [5, 5.41) is 15.5. The van der Waals surface area contributed by atoms with Gasteiger partial charge in [-0.2, -0.15) is 0 Å². The molecule has 0 fully saturated rings. The Morgan fingerprint density at radius 2 is 2.00 bits per heavy atom. The van der Waals surface area contributed by atoms with E-state index >= 15 is 0 Å². The molecule has 0 spiro atoms. The molecule has 1 rings (SSSR count). The van der Waals surface area contributed by atoms with Crippen molar-refractivity contribution in [1.29, 1.82) is 0 Å². The van der Waals surface area contributed by atoms with Gasteiger partial charge >= 0.3 is 0 Å². The molecule has 25 heavy (non-hydrogen) atoms. The molecule has 0 aromatic heterocycles. The molecule has 0 aliphatic carbocycles. The van der Waals surface area contributed by atoms with Crippen LogP contribution in [-0.2, 0) is 6.42 Å². The van der Waals surface area contributed by atoms with Crippen LogP contribution in [0.4, 0.5) is 8.78 Å². The predicted molar refractivity (Wildman–Crippen MR) is 98.7 cm³/mol. The van der Waals surface area contributed by atoms with Crippen molar-refractivity contribution >= 4 is 5.96 Å². The van der Waals surface area contributed by atoms with E-state index in [2.05, 4.69) is 29.5 Å². The first-order valence-corrected chi connectivity index (χ1v) is 9.03. The molecule has 3 N–H and O–H groups in total. The van der Waals surface area contributed by atoms with Crippen molar-refractivity contribution in [1.82, 2.24) is 10.6 Å². The Labute approximate surface area is 149 Å². The lowest BCUT2D eigenvalue weighted by Crippen LogP contribution is -2.38. The molecule has 6 heteroatoms. The number of nitrogens with zero attached hydrogens (tertiary/aromatic N) is 1. The van der Waals surface area contributed by atoms with Crippen molar-refractivity contribution in [2.24, 2.45) is 16.8 Å². The van der Waals surface area contributed by atoms with E-state index in [-0.39, 0.29) is 6.61 Å². The zero-order chi connectivity index (χ0) is 18.7. The number of hydrogen-bond donors (Lipinski definition) is 3. The molecule has 0 radical (unpaired) electrons. The standard InChI is InChI=1S/C19H31F2N3O/c1-4-22-19(24-13-15(9-11-25)12-14(2)3)23-10-8-16-6-5-7-17(20)18(16)21/h5-7,14-15,25H,4,8-13H2,1-3H3,(H2,22,23,24). The van der Waals surface area contributed by atoms with E-state index in [1.165, 1.54) is 6.07 Å². The van der Waals surface area contributed by atoms with Gasteiger partial charge in [0.15, 0.2) is 17.6 Å². The average molecular weight is 355 g/mol. The maximum atomic E-state index is 13.7. The maximum Gasteiger partial charge on any atom is 0.191 e. The van der Waals surface area contributed by atoms with E-state index in [4.69, 9.17) is 0 Å². The lowest BCUT2D eigenvalue weighted by Gasteiger charge is -2.17. The first-order valence-electron chi connectivity index (χ1n) is 9.03. The van der Waals surface area contributed by atoms with Gasteiger partial charge in [0.25, 0.3) is 0 Å². The molecule has 0 amide bonds. The van der Waals surface area contributed by atoms with Crippen molar-refractivity contribution < 1.29 is 13.9 Å². The zero-order valence-electron chi connectivity index (χ0n) is 15.5. The smallest absolute Gasteiger partial charge is 0.191 e. The molecule has 0 bridgehead atoms. The van der Waals surface area contributed by atoms with Crippen LogP contribution in [0, 0.1) is 23.5 Å². The Bertz CT molecular complexity index is 535. The van der Waals surface area contributed by atoms with E-state index in [9.17, 15) is 13.9 Å². The Morgan fingerprint density at radius 1 is 1.24 bits per heavy atom. The number of aliphatic imine (C=N–C) groups is 1. The summed E-state index contributed by atoms with van der Waals surface area (Å²) in [6.45, 7) is 8.26. The highest BCUT2D eigenvalue weighted by molar-refractivity contribution is 5.79. The number of benzene rings is 1. The normalized spacial score (nSPS) is 13.2. The van der Waals surface area contributed by atoms with Gasteiger partial charge in [0.2, 0.25) is 0 Å². The third-order valence-electron chi connectivity index (χ3n) is 3.91. The molecular weight excluding hydrogens is 324 g/mol. The Morgan fingerprint density at radius 3 is 2.64 bits per heavy atom. The van der Waals surface area contributed by atoms with E-state index < -0.39 is 11.6 Å². The highest BCUT2D eigenvalue weighted by atomic mass is 19.2. The summed E-state index contributed by atoms with van der Waals surface area (Å²) in [4.78, 5) is 4.57. The van der Waals surface area contributed by atoms with Crippen molar-refractivity contribution in [2.45, 2.75) is 40.0 Å². The Hall–Kier alpha value is -1.69. The minimum Gasteiger partial charge on any atom is -0.396 e. The van der Waals surface area contributed by atoms with Crippen LogP contribution in [0.1, 0.15) is 39.2 Å². The van der Waals surface area contributed by atoms with E-state index in [0.29, 0.717) is 42.9 Å². The van der Waals surface area contributed by atoms with Crippen molar-refractivity contribution in [2.75, 3.05) is 26.2 Å². The van der Waals surface area contributed by atoms with E-state index in [1.807, 2.05) is 6.92 Å². The SMILES string of the molecule is CCNC(=NCC(CCO)CC(C)C)NCCc1cccc(F)c1F. The van der Waals surface area contributed by atoms with Crippen molar-refractivity contribution in [3.05, 3.63) is 35.4 Å². The summed E-state index contributed by atoms with van der Waals surface area (Å²) < 4.78 is 26.9. The second-order valence-corrected chi connectivity index (χ2v) is 6.62. The van der Waals surface area contributed by atoms with Crippen molar-refractivity contribution in [3.63, 3.8) is 0 Å². The lowest BCUT2D eigenvalue weighted by molar-refractivity contribution is 0.245. The molecule has 0 aliphatic heterocycles. The van der Waals surface area contributed by atoms with Crippen molar-refractivity contribution in [3.8, 4) is 0 Å². The Balaban J connectivity index is 2.58. The fraction of sp³-hybridized carbons (Fsp3) is 0.632. The highest BCUT2D eigenvalue weighted by Gasteiger charge is 2.11. The monoisotopic (exact) mass is 355 g/mol. The van der Waals surface area contributed by atoms with Gasteiger partial charge in [0.1, 0.15) is 0 Å². The number of nitrogens with one attached hydrogen (secondary N) is 2. The van der Waals surface area contributed by atoms with Gasteiger partial charge in [-0.05, 0) is 49.7 Å². The largest absolute Gasteiger partial charge is 0.396 e. The second-order valence-electron chi connectivity index (χ2n) is 6.62. The summed E-state index contributed by atoms with van der Waals surface area (Å²) in [6.07, 6.45) is 2.12. The molecule has 1 aromatic carbocycles. The number of rotatable bonds is 10. The third kappa shape index (κ3) is 8.29. The molecule has 4 nitrogen and oxygen atoms in total. The van der Waals surface area contributed by atoms with Gasteiger partial charge < -0.3 is 15.7 Å². The molecule has 1 aromatic rings. The fourth-order valence-electron chi connectivity index (χ4n) is 2.75. The quantitative estimate of drug-likeness (QED) is 0.446. The summed E-state index contributed by atoms with van der Waals surface area (Å²) in [5.41, 5.74) is 0.348. The summed E-state index contributed by atoms with van der Waals surface area (Å²) in [6, 6.07) is 4.22. The zero-order valence-corrected chi connectivity index (χ0v) is 15.5. The number of halogens is 2. The minimum absolute atomic E-state index is 0.162. The number of guanidine groups is 1. The number of aliphatic hydroxyl groups is 1. The van der Waals surface area contributed by atoms with Crippen LogP contribution < -0.4 is 10.6 Å².